The molecule has 0 saturated carbocycles. The summed E-state index contributed by atoms with van der Waals surface area (Å²) in [5.74, 6) is -0.295. The Morgan fingerprint density at radius 1 is 1.32 bits per heavy atom. The van der Waals surface area contributed by atoms with Crippen LogP contribution in [0.2, 0.25) is 0 Å². The van der Waals surface area contributed by atoms with Crippen LogP contribution in [0.25, 0.3) is 0 Å². The normalized spacial score (nSPS) is 10.4. The van der Waals surface area contributed by atoms with Gasteiger partial charge >= 0.3 is 5.97 Å². The Morgan fingerprint density at radius 3 is 2.84 bits per heavy atom. The lowest BCUT2D eigenvalue weighted by Gasteiger charge is -2.06. The Labute approximate surface area is 110 Å². The van der Waals surface area contributed by atoms with Crippen LogP contribution in [0.3, 0.4) is 0 Å². The quantitative estimate of drug-likeness (QED) is 0.727. The highest BCUT2D eigenvalue weighted by Gasteiger charge is 2.08. The van der Waals surface area contributed by atoms with E-state index in [9.17, 15) is 4.79 Å². The largest absolute Gasteiger partial charge is 0.478 e. The van der Waals surface area contributed by atoms with E-state index in [-0.39, 0.29) is 12.2 Å². The molecular weight excluding hydrogens is 246 g/mol. The number of anilines is 1. The van der Waals surface area contributed by atoms with Crippen molar-refractivity contribution in [3.63, 3.8) is 0 Å². The summed E-state index contributed by atoms with van der Waals surface area (Å²) >= 11 is 0. The number of carbonyl (C=O) groups is 1. The minimum atomic E-state index is -0.941. The second-order valence-electron chi connectivity index (χ2n) is 4.00. The van der Waals surface area contributed by atoms with Crippen LogP contribution >= 0.6 is 0 Å². The van der Waals surface area contributed by atoms with Gasteiger partial charge in [0.25, 0.3) is 0 Å². The Kier molecular flexibility index (Phi) is 4.15. The van der Waals surface area contributed by atoms with Gasteiger partial charge in [0.15, 0.2) is 0 Å². The molecule has 0 atom stereocenters. The van der Waals surface area contributed by atoms with Gasteiger partial charge in [0.05, 0.1) is 18.7 Å². The third kappa shape index (κ3) is 3.32. The first-order valence-electron chi connectivity index (χ1n) is 5.90. The molecule has 0 unspecified atom stereocenters. The molecule has 0 aliphatic heterocycles. The van der Waals surface area contributed by atoms with E-state index in [0.717, 1.165) is 0 Å². The topological polar surface area (TPSA) is 87.4 Å². The number of aromatic carboxylic acids is 1. The van der Waals surface area contributed by atoms with Gasteiger partial charge < -0.3 is 15.5 Å². The van der Waals surface area contributed by atoms with Crippen molar-refractivity contribution in [2.24, 2.45) is 0 Å². The summed E-state index contributed by atoms with van der Waals surface area (Å²) in [6.07, 6.45) is 1.75. The molecule has 19 heavy (non-hydrogen) atoms. The SMILES string of the molecule is O=C(O)c1ccccc1CNc1ccn(CCO)n1. The van der Waals surface area contributed by atoms with Crippen LogP contribution < -0.4 is 5.32 Å². The molecule has 0 radical (unpaired) electrons. The highest BCUT2D eigenvalue weighted by molar-refractivity contribution is 5.89. The molecule has 0 fully saturated rings. The summed E-state index contributed by atoms with van der Waals surface area (Å²) in [5, 5.41) is 25.1. The zero-order valence-corrected chi connectivity index (χ0v) is 10.3. The summed E-state index contributed by atoms with van der Waals surface area (Å²) < 4.78 is 1.62. The number of aliphatic hydroxyl groups excluding tert-OH is 1. The Hall–Kier alpha value is -2.34. The summed E-state index contributed by atoms with van der Waals surface area (Å²) in [6, 6.07) is 8.61. The molecule has 6 nitrogen and oxygen atoms in total. The lowest BCUT2D eigenvalue weighted by molar-refractivity contribution is 0.0696. The molecule has 2 rings (SSSR count). The van der Waals surface area contributed by atoms with E-state index in [1.54, 1.807) is 41.2 Å². The maximum absolute atomic E-state index is 11.0. The Morgan fingerprint density at radius 2 is 2.11 bits per heavy atom. The number of nitrogens with one attached hydrogen (secondary N) is 1. The van der Waals surface area contributed by atoms with E-state index in [1.807, 2.05) is 0 Å². The molecule has 2 aromatic rings. The van der Waals surface area contributed by atoms with Gasteiger partial charge in [-0.25, -0.2) is 4.79 Å². The summed E-state index contributed by atoms with van der Waals surface area (Å²) in [6.45, 7) is 0.856. The van der Waals surface area contributed by atoms with Crippen molar-refractivity contribution in [3.05, 3.63) is 47.7 Å². The van der Waals surface area contributed by atoms with E-state index in [2.05, 4.69) is 10.4 Å². The van der Waals surface area contributed by atoms with Crippen LogP contribution in [-0.4, -0.2) is 32.6 Å². The minimum absolute atomic E-state index is 0.0307. The molecule has 0 aliphatic rings. The third-order valence-corrected chi connectivity index (χ3v) is 2.68. The van der Waals surface area contributed by atoms with Gasteiger partial charge in [-0.15, -0.1) is 0 Å². The summed E-state index contributed by atoms with van der Waals surface area (Å²) in [4.78, 5) is 11.0. The van der Waals surface area contributed by atoms with Crippen molar-refractivity contribution >= 4 is 11.8 Å². The fourth-order valence-electron chi connectivity index (χ4n) is 1.75. The first kappa shape index (κ1) is 13.1. The highest BCUT2D eigenvalue weighted by atomic mass is 16.4. The second-order valence-corrected chi connectivity index (χ2v) is 4.00. The number of hydrogen-bond acceptors (Lipinski definition) is 4. The van der Waals surface area contributed by atoms with Gasteiger partial charge in [0.2, 0.25) is 0 Å². The van der Waals surface area contributed by atoms with Crippen molar-refractivity contribution in [3.8, 4) is 0 Å². The van der Waals surface area contributed by atoms with Crippen LogP contribution in [0.15, 0.2) is 36.5 Å². The first-order chi connectivity index (χ1) is 9.20. The van der Waals surface area contributed by atoms with Crippen molar-refractivity contribution in [1.82, 2.24) is 9.78 Å². The molecule has 0 aliphatic carbocycles. The molecule has 3 N–H and O–H groups in total. The monoisotopic (exact) mass is 261 g/mol. The number of carboxylic acids is 1. The number of aliphatic hydroxyl groups is 1. The molecular formula is C13H15N3O3. The third-order valence-electron chi connectivity index (χ3n) is 2.68. The van der Waals surface area contributed by atoms with E-state index in [0.29, 0.717) is 24.5 Å². The predicted octanol–water partition coefficient (Wildman–Crippen LogP) is 1.19. The maximum atomic E-state index is 11.0. The number of carboxylic acid groups (broad SMARTS) is 1. The molecule has 0 saturated heterocycles. The average Bonchev–Trinajstić information content (AvgIpc) is 2.85. The number of nitrogens with zero attached hydrogens (tertiary/aromatic N) is 2. The fraction of sp³-hybridized carbons (Fsp3) is 0.231. The second kappa shape index (κ2) is 6.01. The van der Waals surface area contributed by atoms with Gasteiger partial charge in [0, 0.05) is 18.8 Å². The molecule has 1 heterocycles. The summed E-state index contributed by atoms with van der Waals surface area (Å²) in [7, 11) is 0. The molecule has 1 aromatic carbocycles. The first-order valence-corrected chi connectivity index (χ1v) is 5.90. The van der Waals surface area contributed by atoms with Crippen molar-refractivity contribution < 1.29 is 15.0 Å². The van der Waals surface area contributed by atoms with Crippen molar-refractivity contribution in [2.75, 3.05) is 11.9 Å². The lowest BCUT2D eigenvalue weighted by Crippen LogP contribution is -2.08. The number of benzene rings is 1. The maximum Gasteiger partial charge on any atom is 0.336 e. The number of aromatic nitrogens is 2. The van der Waals surface area contributed by atoms with Gasteiger partial charge in [-0.2, -0.15) is 5.10 Å². The number of hydrogen-bond donors (Lipinski definition) is 3. The molecule has 6 heteroatoms. The zero-order valence-electron chi connectivity index (χ0n) is 10.3. The van der Waals surface area contributed by atoms with E-state index in [4.69, 9.17) is 10.2 Å². The van der Waals surface area contributed by atoms with E-state index < -0.39 is 5.97 Å². The van der Waals surface area contributed by atoms with Crippen LogP contribution in [0.4, 0.5) is 5.82 Å². The van der Waals surface area contributed by atoms with Crippen LogP contribution in [0.5, 0.6) is 0 Å². The molecule has 100 valence electrons. The Bertz CT molecular complexity index is 566. The number of rotatable bonds is 6. The zero-order chi connectivity index (χ0) is 13.7. The van der Waals surface area contributed by atoms with Crippen LogP contribution in [-0.2, 0) is 13.1 Å². The highest BCUT2D eigenvalue weighted by Crippen LogP contribution is 2.11. The van der Waals surface area contributed by atoms with E-state index >= 15 is 0 Å². The van der Waals surface area contributed by atoms with E-state index in [1.165, 1.54) is 0 Å². The fourth-order valence-corrected chi connectivity index (χ4v) is 1.75. The molecule has 0 amide bonds. The predicted molar refractivity (Wildman–Crippen MR) is 70.0 cm³/mol. The lowest BCUT2D eigenvalue weighted by atomic mass is 10.1. The van der Waals surface area contributed by atoms with Gasteiger partial charge in [-0.3, -0.25) is 4.68 Å². The summed E-state index contributed by atoms with van der Waals surface area (Å²) in [5.41, 5.74) is 0.983. The van der Waals surface area contributed by atoms with Crippen molar-refractivity contribution in [2.45, 2.75) is 13.1 Å². The van der Waals surface area contributed by atoms with Crippen molar-refractivity contribution in [1.29, 1.82) is 0 Å². The minimum Gasteiger partial charge on any atom is -0.478 e. The molecule has 1 aromatic heterocycles. The average molecular weight is 261 g/mol. The molecule has 0 spiro atoms. The van der Waals surface area contributed by atoms with Crippen LogP contribution in [0.1, 0.15) is 15.9 Å². The molecule has 0 bridgehead atoms. The smallest absolute Gasteiger partial charge is 0.336 e. The van der Waals surface area contributed by atoms with Crippen LogP contribution in [0, 0.1) is 0 Å². The van der Waals surface area contributed by atoms with Gasteiger partial charge in [0.1, 0.15) is 5.82 Å². The standard InChI is InChI=1S/C13H15N3O3/c17-8-7-16-6-5-12(15-16)14-9-10-3-1-2-4-11(10)13(18)19/h1-6,17H,7-9H2,(H,14,15)(H,18,19). The van der Waals surface area contributed by atoms with Gasteiger partial charge in [-0.05, 0) is 11.6 Å². The van der Waals surface area contributed by atoms with Gasteiger partial charge in [-0.1, -0.05) is 18.2 Å². The Balaban J connectivity index is 2.03.